The second-order valence-electron chi connectivity index (χ2n) is 6.99. The Balaban J connectivity index is 1.93. The highest BCUT2D eigenvalue weighted by molar-refractivity contribution is 5.94. The summed E-state index contributed by atoms with van der Waals surface area (Å²) >= 11 is 0. The maximum Gasteiger partial charge on any atom is 0.130 e. The molecule has 0 bridgehead atoms. The monoisotopic (exact) mass is 391 g/mol. The van der Waals surface area contributed by atoms with Gasteiger partial charge in [0.1, 0.15) is 17.0 Å². The van der Waals surface area contributed by atoms with E-state index in [1.165, 1.54) is 0 Å². The lowest BCUT2D eigenvalue weighted by molar-refractivity contribution is 0.101. The topological polar surface area (TPSA) is 67.0 Å². The van der Waals surface area contributed by atoms with Crippen molar-refractivity contribution in [2.45, 2.75) is 26.4 Å². The second-order valence-corrected chi connectivity index (χ2v) is 6.99. The van der Waals surface area contributed by atoms with Crippen LogP contribution < -0.4 is 4.74 Å². The molecule has 1 aromatic carbocycles. The summed E-state index contributed by atoms with van der Waals surface area (Å²) in [6.07, 6.45) is 4.52. The van der Waals surface area contributed by atoms with Gasteiger partial charge < -0.3 is 9.47 Å². The van der Waals surface area contributed by atoms with Gasteiger partial charge in [-0.25, -0.2) is 9.67 Å². The average molecular weight is 391 g/mol. The van der Waals surface area contributed by atoms with E-state index in [4.69, 9.17) is 19.6 Å². The standard InChI is InChI=1S/C22H25N5O2/c1-6-18(28-4)17-12-14(2)24-21-20(25-26(3)22(17)21)16-9-8-15(13-19(16)29-5)27-11-7-10-23-27/h7-13,18H,6H2,1-5H3. The molecule has 0 fully saturated rings. The van der Waals surface area contributed by atoms with Crippen LogP contribution in [0.2, 0.25) is 0 Å². The molecule has 4 rings (SSSR count). The van der Waals surface area contributed by atoms with E-state index >= 15 is 0 Å². The first kappa shape index (κ1) is 19.1. The van der Waals surface area contributed by atoms with Crippen LogP contribution in [-0.2, 0) is 11.8 Å². The lowest BCUT2D eigenvalue weighted by atomic mass is 10.0. The number of fused-ring (bicyclic) bond motifs is 1. The fraction of sp³-hybridized carbons (Fsp3) is 0.318. The third-order valence-electron chi connectivity index (χ3n) is 5.16. The van der Waals surface area contributed by atoms with E-state index in [9.17, 15) is 0 Å². The zero-order valence-corrected chi connectivity index (χ0v) is 17.4. The van der Waals surface area contributed by atoms with Gasteiger partial charge in [0.25, 0.3) is 0 Å². The number of pyridine rings is 1. The molecule has 7 nitrogen and oxygen atoms in total. The number of nitrogens with zero attached hydrogens (tertiary/aromatic N) is 5. The van der Waals surface area contributed by atoms with Gasteiger partial charge in [-0.1, -0.05) is 6.92 Å². The molecule has 3 aromatic heterocycles. The quantitative estimate of drug-likeness (QED) is 0.492. The minimum atomic E-state index is -0.00784. The molecule has 1 atom stereocenters. The van der Waals surface area contributed by atoms with E-state index < -0.39 is 0 Å². The van der Waals surface area contributed by atoms with Gasteiger partial charge in [-0.05, 0) is 37.6 Å². The molecule has 0 N–H and O–H groups in total. The zero-order chi connectivity index (χ0) is 20.5. The molecule has 0 amide bonds. The van der Waals surface area contributed by atoms with Gasteiger partial charge in [0.05, 0.1) is 24.4 Å². The third kappa shape index (κ3) is 3.27. The van der Waals surface area contributed by atoms with Gasteiger partial charge in [0.2, 0.25) is 0 Å². The van der Waals surface area contributed by atoms with E-state index in [0.29, 0.717) is 0 Å². The number of hydrogen-bond donors (Lipinski definition) is 0. The number of ether oxygens (including phenoxy) is 2. The normalized spacial score (nSPS) is 12.4. The lowest BCUT2D eigenvalue weighted by Crippen LogP contribution is -2.04. The molecule has 0 saturated carbocycles. The van der Waals surface area contributed by atoms with Crippen LogP contribution >= 0.6 is 0 Å². The van der Waals surface area contributed by atoms with E-state index in [1.54, 1.807) is 25.1 Å². The summed E-state index contributed by atoms with van der Waals surface area (Å²) in [5.74, 6) is 0.724. The predicted molar refractivity (Wildman–Crippen MR) is 112 cm³/mol. The van der Waals surface area contributed by atoms with Gasteiger partial charge in [-0.2, -0.15) is 10.2 Å². The van der Waals surface area contributed by atoms with Crippen molar-refractivity contribution in [2.24, 2.45) is 7.05 Å². The largest absolute Gasteiger partial charge is 0.496 e. The molecule has 0 aliphatic heterocycles. The van der Waals surface area contributed by atoms with Gasteiger partial charge in [0.15, 0.2) is 0 Å². The molecule has 0 radical (unpaired) electrons. The predicted octanol–water partition coefficient (Wildman–Crippen LogP) is 4.24. The minimum absolute atomic E-state index is 0.00784. The molecular weight excluding hydrogens is 366 g/mol. The Morgan fingerprint density at radius 2 is 2.00 bits per heavy atom. The van der Waals surface area contributed by atoms with E-state index in [0.717, 1.165) is 51.4 Å². The Labute approximate surface area is 169 Å². The highest BCUT2D eigenvalue weighted by atomic mass is 16.5. The van der Waals surface area contributed by atoms with Crippen LogP contribution in [-0.4, -0.2) is 38.8 Å². The van der Waals surface area contributed by atoms with Crippen LogP contribution in [0.1, 0.15) is 30.7 Å². The van der Waals surface area contributed by atoms with Crippen LogP contribution in [0.25, 0.3) is 28.0 Å². The third-order valence-corrected chi connectivity index (χ3v) is 5.16. The summed E-state index contributed by atoms with van der Waals surface area (Å²) in [6, 6.07) is 9.95. The molecule has 150 valence electrons. The fourth-order valence-corrected chi connectivity index (χ4v) is 3.82. The summed E-state index contributed by atoms with van der Waals surface area (Å²) in [4.78, 5) is 4.82. The van der Waals surface area contributed by atoms with E-state index in [-0.39, 0.29) is 6.10 Å². The van der Waals surface area contributed by atoms with Gasteiger partial charge in [-0.3, -0.25) is 4.68 Å². The maximum absolute atomic E-state index is 5.72. The summed E-state index contributed by atoms with van der Waals surface area (Å²) < 4.78 is 15.1. The number of benzene rings is 1. The lowest BCUT2D eigenvalue weighted by Gasteiger charge is -2.15. The van der Waals surface area contributed by atoms with Crippen molar-refractivity contribution in [3.05, 3.63) is 54.0 Å². The molecule has 0 aliphatic rings. The van der Waals surface area contributed by atoms with Crippen molar-refractivity contribution in [1.29, 1.82) is 0 Å². The fourth-order valence-electron chi connectivity index (χ4n) is 3.82. The Bertz CT molecular complexity index is 1140. The Kier molecular flexibility index (Phi) is 5.07. The van der Waals surface area contributed by atoms with Crippen molar-refractivity contribution in [2.75, 3.05) is 14.2 Å². The first-order valence-electron chi connectivity index (χ1n) is 9.62. The first-order valence-corrected chi connectivity index (χ1v) is 9.62. The summed E-state index contributed by atoms with van der Waals surface area (Å²) in [6.45, 7) is 4.12. The van der Waals surface area contributed by atoms with Crippen molar-refractivity contribution < 1.29 is 9.47 Å². The van der Waals surface area contributed by atoms with Crippen molar-refractivity contribution in [1.82, 2.24) is 24.5 Å². The molecule has 0 aliphatic carbocycles. The molecule has 0 spiro atoms. The van der Waals surface area contributed by atoms with Gasteiger partial charge in [0, 0.05) is 49.4 Å². The number of aryl methyl sites for hydroxylation is 2. The molecule has 7 heteroatoms. The SMILES string of the molecule is CCC(OC)c1cc(C)nc2c(-c3ccc(-n4cccn4)cc3OC)nn(C)c12. The van der Waals surface area contributed by atoms with E-state index in [1.807, 2.05) is 49.1 Å². The molecule has 29 heavy (non-hydrogen) atoms. The number of rotatable bonds is 6. The summed E-state index contributed by atoms with van der Waals surface area (Å²) in [7, 11) is 5.35. The highest BCUT2D eigenvalue weighted by Gasteiger charge is 2.22. The molecule has 0 saturated heterocycles. The minimum Gasteiger partial charge on any atom is -0.496 e. The van der Waals surface area contributed by atoms with Crippen LogP contribution in [0.3, 0.4) is 0 Å². The Morgan fingerprint density at radius 3 is 2.66 bits per heavy atom. The smallest absolute Gasteiger partial charge is 0.130 e. The van der Waals surface area contributed by atoms with Crippen LogP contribution in [0.4, 0.5) is 0 Å². The number of hydrogen-bond acceptors (Lipinski definition) is 5. The summed E-state index contributed by atoms with van der Waals surface area (Å²) in [5, 5.41) is 9.10. The Hall–Kier alpha value is -3.19. The second kappa shape index (κ2) is 7.67. The van der Waals surface area contributed by atoms with E-state index in [2.05, 4.69) is 18.1 Å². The van der Waals surface area contributed by atoms with Gasteiger partial charge in [-0.15, -0.1) is 0 Å². The Morgan fingerprint density at radius 1 is 1.17 bits per heavy atom. The molecule has 4 aromatic rings. The van der Waals surface area contributed by atoms with Crippen LogP contribution in [0, 0.1) is 6.92 Å². The number of methoxy groups -OCH3 is 2. The molecular formula is C22H25N5O2. The van der Waals surface area contributed by atoms with Crippen molar-refractivity contribution >= 4 is 11.0 Å². The average Bonchev–Trinajstić information content (AvgIpc) is 3.37. The molecule has 3 heterocycles. The maximum atomic E-state index is 5.72. The van der Waals surface area contributed by atoms with Crippen molar-refractivity contribution in [3.63, 3.8) is 0 Å². The zero-order valence-electron chi connectivity index (χ0n) is 17.4. The summed E-state index contributed by atoms with van der Waals surface area (Å²) in [5.41, 5.74) is 6.48. The first-order chi connectivity index (χ1) is 14.1. The molecule has 1 unspecified atom stereocenters. The highest BCUT2D eigenvalue weighted by Crippen LogP contribution is 2.37. The number of aromatic nitrogens is 5. The van der Waals surface area contributed by atoms with Crippen LogP contribution in [0.15, 0.2) is 42.7 Å². The van der Waals surface area contributed by atoms with Crippen molar-refractivity contribution in [3.8, 4) is 22.7 Å². The van der Waals surface area contributed by atoms with Crippen LogP contribution in [0.5, 0.6) is 5.75 Å². The van der Waals surface area contributed by atoms with Gasteiger partial charge >= 0.3 is 0 Å².